The van der Waals surface area contributed by atoms with Gasteiger partial charge in [-0.3, -0.25) is 37.3 Å². The second-order valence-corrected chi connectivity index (χ2v) is 33.5. The second kappa shape index (κ2) is 74.5. The normalized spacial score (nSPS) is 14.1. The minimum absolute atomic E-state index is 0.105. The van der Waals surface area contributed by atoms with Crippen molar-refractivity contribution in [2.75, 3.05) is 39.6 Å². The van der Waals surface area contributed by atoms with E-state index < -0.39 is 97.5 Å². The van der Waals surface area contributed by atoms with Crippen molar-refractivity contribution in [3.63, 3.8) is 0 Å². The highest BCUT2D eigenvalue weighted by Crippen LogP contribution is 2.45. The fourth-order valence-electron chi connectivity index (χ4n) is 12.9. The molecule has 0 saturated carbocycles. The number of phosphoric acid groups is 2. The van der Waals surface area contributed by atoms with Crippen molar-refractivity contribution < 1.29 is 80.2 Å². The number of rotatable bonds is 82. The van der Waals surface area contributed by atoms with Crippen LogP contribution in [0, 0.1) is 11.8 Å². The van der Waals surface area contributed by atoms with Gasteiger partial charge in [0.1, 0.15) is 19.3 Å². The molecule has 0 aliphatic heterocycles. The molecule has 606 valence electrons. The molecule has 0 fully saturated rings. The van der Waals surface area contributed by atoms with Gasteiger partial charge >= 0.3 is 39.5 Å². The number of aliphatic hydroxyl groups is 1. The Hall–Kier alpha value is -1.94. The molecule has 102 heavy (non-hydrogen) atoms. The molecule has 0 rings (SSSR count). The summed E-state index contributed by atoms with van der Waals surface area (Å²) in [6.07, 6.45) is 65.6. The number of hydrogen-bond acceptors (Lipinski definition) is 15. The molecule has 0 aromatic rings. The summed E-state index contributed by atoms with van der Waals surface area (Å²) in [5.41, 5.74) is 0. The van der Waals surface area contributed by atoms with Gasteiger partial charge in [-0.25, -0.2) is 9.13 Å². The Balaban J connectivity index is 5.15. The molecular formula is C83H162O17P2. The van der Waals surface area contributed by atoms with E-state index >= 15 is 0 Å². The first-order valence-electron chi connectivity index (χ1n) is 43.0. The Kier molecular flexibility index (Phi) is 73.1. The van der Waals surface area contributed by atoms with Gasteiger partial charge in [-0.1, -0.05) is 388 Å². The second-order valence-electron chi connectivity index (χ2n) is 30.6. The Bertz CT molecular complexity index is 1960. The van der Waals surface area contributed by atoms with E-state index in [2.05, 4.69) is 41.5 Å². The molecule has 0 heterocycles. The van der Waals surface area contributed by atoms with E-state index in [9.17, 15) is 43.2 Å². The molecule has 0 spiro atoms. The van der Waals surface area contributed by atoms with Gasteiger partial charge in [-0.2, -0.15) is 0 Å². The zero-order valence-electron chi connectivity index (χ0n) is 66.9. The van der Waals surface area contributed by atoms with Crippen LogP contribution >= 0.6 is 15.6 Å². The largest absolute Gasteiger partial charge is 0.472 e. The van der Waals surface area contributed by atoms with Gasteiger partial charge in [0.05, 0.1) is 26.4 Å². The maximum Gasteiger partial charge on any atom is 0.472 e. The average Bonchev–Trinajstić information content (AvgIpc) is 0.925. The van der Waals surface area contributed by atoms with Crippen LogP contribution in [-0.2, 0) is 65.4 Å². The summed E-state index contributed by atoms with van der Waals surface area (Å²) in [6.45, 7) is 9.63. The van der Waals surface area contributed by atoms with Crippen LogP contribution in [0.4, 0.5) is 0 Å². The molecule has 0 aromatic carbocycles. The van der Waals surface area contributed by atoms with Crippen molar-refractivity contribution in [1.29, 1.82) is 0 Å². The van der Waals surface area contributed by atoms with Crippen LogP contribution in [0.5, 0.6) is 0 Å². The number of phosphoric ester groups is 2. The lowest BCUT2D eigenvalue weighted by Gasteiger charge is -2.21. The lowest BCUT2D eigenvalue weighted by molar-refractivity contribution is -0.161. The number of unbranched alkanes of at least 4 members (excludes halogenated alkanes) is 51. The summed E-state index contributed by atoms with van der Waals surface area (Å²) in [4.78, 5) is 72.9. The molecular weight excluding hydrogens is 1330 g/mol. The van der Waals surface area contributed by atoms with E-state index in [4.69, 9.17) is 37.0 Å². The Morgan fingerprint density at radius 1 is 0.284 bits per heavy atom. The Morgan fingerprint density at radius 2 is 0.500 bits per heavy atom. The number of carbonyl (C=O) groups is 4. The molecule has 6 atom stereocenters. The van der Waals surface area contributed by atoms with E-state index in [-0.39, 0.29) is 25.7 Å². The molecule has 0 saturated heterocycles. The van der Waals surface area contributed by atoms with E-state index in [0.717, 1.165) is 108 Å². The summed E-state index contributed by atoms with van der Waals surface area (Å²) in [6, 6.07) is 0. The first-order valence-corrected chi connectivity index (χ1v) is 46.0. The minimum Gasteiger partial charge on any atom is -0.462 e. The molecule has 0 amide bonds. The van der Waals surface area contributed by atoms with Gasteiger partial charge in [0.25, 0.3) is 0 Å². The molecule has 0 aromatic heterocycles. The quantitative estimate of drug-likeness (QED) is 0.0222. The van der Waals surface area contributed by atoms with E-state index in [1.165, 1.54) is 250 Å². The zero-order chi connectivity index (χ0) is 74.9. The number of esters is 4. The van der Waals surface area contributed by atoms with Crippen LogP contribution in [0.1, 0.15) is 440 Å². The van der Waals surface area contributed by atoms with Crippen LogP contribution in [0.25, 0.3) is 0 Å². The summed E-state index contributed by atoms with van der Waals surface area (Å²) in [5, 5.41) is 10.6. The highest BCUT2D eigenvalue weighted by Gasteiger charge is 2.30. The van der Waals surface area contributed by atoms with Crippen molar-refractivity contribution >= 4 is 39.5 Å². The molecule has 17 nitrogen and oxygen atoms in total. The van der Waals surface area contributed by atoms with Gasteiger partial charge in [-0.05, 0) is 37.5 Å². The number of hydrogen-bond donors (Lipinski definition) is 3. The first kappa shape index (κ1) is 100. The molecule has 19 heteroatoms. The van der Waals surface area contributed by atoms with Gasteiger partial charge < -0.3 is 33.8 Å². The van der Waals surface area contributed by atoms with Crippen molar-refractivity contribution in [1.82, 2.24) is 0 Å². The van der Waals surface area contributed by atoms with Crippen molar-refractivity contribution in [3.05, 3.63) is 0 Å². The molecule has 0 bridgehead atoms. The molecule has 0 radical (unpaired) electrons. The van der Waals surface area contributed by atoms with Gasteiger partial charge in [0, 0.05) is 25.7 Å². The highest BCUT2D eigenvalue weighted by molar-refractivity contribution is 7.47. The van der Waals surface area contributed by atoms with Gasteiger partial charge in [0.15, 0.2) is 12.2 Å². The lowest BCUT2D eigenvalue weighted by atomic mass is 9.99. The van der Waals surface area contributed by atoms with E-state index in [0.29, 0.717) is 25.7 Å². The minimum atomic E-state index is -4.96. The third kappa shape index (κ3) is 74.9. The maximum atomic E-state index is 13.1. The van der Waals surface area contributed by atoms with Crippen LogP contribution in [0.15, 0.2) is 0 Å². The summed E-state index contributed by atoms with van der Waals surface area (Å²) >= 11 is 0. The smallest absolute Gasteiger partial charge is 0.462 e. The predicted octanol–water partition coefficient (Wildman–Crippen LogP) is 25.1. The Morgan fingerprint density at radius 3 is 0.745 bits per heavy atom. The van der Waals surface area contributed by atoms with E-state index in [1.807, 2.05) is 0 Å². The van der Waals surface area contributed by atoms with Gasteiger partial charge in [-0.15, -0.1) is 0 Å². The van der Waals surface area contributed by atoms with E-state index in [1.54, 1.807) is 0 Å². The Labute approximate surface area is 626 Å². The maximum absolute atomic E-state index is 13.1. The number of carbonyl (C=O) groups excluding carboxylic acids is 4. The van der Waals surface area contributed by atoms with Crippen LogP contribution in [-0.4, -0.2) is 96.7 Å². The SMILES string of the molecule is CCCCCCCCCCCCCCCCCCCCCCCC(=O)OC[C@H](COP(=O)(O)OC[C@@H](O)COP(=O)(O)OC[C@@H](COC(=O)CCCCCCCCCC)OC(=O)CCCCCCCCCCC(C)C)OC(=O)CCCCCCCCCCCCCCCCCCCCC(C)CC. The topological polar surface area (TPSA) is 237 Å². The third-order valence-electron chi connectivity index (χ3n) is 19.8. The number of aliphatic hydroxyl groups excluding tert-OH is 1. The van der Waals surface area contributed by atoms with Crippen LogP contribution in [0.2, 0.25) is 0 Å². The lowest BCUT2D eigenvalue weighted by Crippen LogP contribution is -2.30. The summed E-state index contributed by atoms with van der Waals surface area (Å²) < 4.78 is 68.6. The monoisotopic (exact) mass is 1490 g/mol. The highest BCUT2D eigenvalue weighted by atomic mass is 31.2. The molecule has 3 unspecified atom stereocenters. The van der Waals surface area contributed by atoms with Crippen LogP contribution in [0.3, 0.4) is 0 Å². The first-order chi connectivity index (χ1) is 49.4. The fraction of sp³-hybridized carbons (Fsp3) is 0.952. The fourth-order valence-corrected chi connectivity index (χ4v) is 14.4. The number of ether oxygens (including phenoxy) is 4. The predicted molar refractivity (Wildman–Crippen MR) is 418 cm³/mol. The van der Waals surface area contributed by atoms with Crippen LogP contribution < -0.4 is 0 Å². The zero-order valence-corrected chi connectivity index (χ0v) is 68.7. The summed E-state index contributed by atoms with van der Waals surface area (Å²) in [5.74, 6) is -0.523. The van der Waals surface area contributed by atoms with Gasteiger partial charge in [0.2, 0.25) is 0 Å². The van der Waals surface area contributed by atoms with Crippen molar-refractivity contribution in [3.8, 4) is 0 Å². The summed E-state index contributed by atoms with van der Waals surface area (Å²) in [7, 11) is -9.92. The standard InChI is InChI=1S/C83H162O17P2/c1-7-10-12-14-16-18-19-20-21-22-23-24-25-29-32-35-38-41-48-54-60-66-81(86)94-72-79(99-82(87)67-61-55-49-42-39-36-33-30-27-26-28-31-34-37-40-46-52-58-64-76(6)9-3)74-98-102(91,92)96-70-77(84)69-95-101(89,90)97-73-78(71-93-80(85)65-59-53-47-17-15-13-11-8-2)100-83(88)68-62-56-50-44-43-45-51-57-63-75(4)5/h75-79,84H,7-74H2,1-6H3,(H,89,90)(H,91,92)/t76?,77-,78+,79+/m0/s1. The average molecular weight is 1490 g/mol. The molecule has 0 aliphatic rings. The van der Waals surface area contributed by atoms with Crippen molar-refractivity contribution in [2.45, 2.75) is 458 Å². The molecule has 3 N–H and O–H groups in total. The molecule has 0 aliphatic carbocycles. The third-order valence-corrected chi connectivity index (χ3v) is 21.7. The van der Waals surface area contributed by atoms with Crippen molar-refractivity contribution in [2.24, 2.45) is 11.8 Å².